The Morgan fingerprint density at radius 3 is 2.70 bits per heavy atom. The molecule has 1 heterocycles. The molecule has 0 unspecified atom stereocenters. The van der Waals surface area contributed by atoms with Crippen LogP contribution in [0, 0.1) is 5.92 Å². The van der Waals surface area contributed by atoms with Crippen LogP contribution in [0.2, 0.25) is 5.02 Å². The van der Waals surface area contributed by atoms with Crippen molar-refractivity contribution in [2.24, 2.45) is 5.92 Å². The molecule has 1 aromatic carbocycles. The number of benzene rings is 1. The Kier molecular flexibility index (Phi) is 5.64. The normalized spacial score (nSPS) is 19.3. The van der Waals surface area contributed by atoms with Crippen LogP contribution in [0.25, 0.3) is 0 Å². The summed E-state index contributed by atoms with van der Waals surface area (Å²) < 4.78 is 23.0. The zero-order valence-electron chi connectivity index (χ0n) is 12.8. The van der Waals surface area contributed by atoms with Crippen molar-refractivity contribution in [1.82, 2.24) is 5.32 Å². The Morgan fingerprint density at radius 1 is 1.35 bits per heavy atom. The van der Waals surface area contributed by atoms with Gasteiger partial charge in [-0.15, -0.1) is 0 Å². The predicted octanol–water partition coefficient (Wildman–Crippen LogP) is 1.85. The number of hydrogen-bond donors (Lipinski definition) is 2. The number of rotatable bonds is 5. The minimum absolute atomic E-state index is 0.0183. The van der Waals surface area contributed by atoms with E-state index in [-0.39, 0.29) is 17.4 Å². The molecular formula is C15H19ClN2O4S. The van der Waals surface area contributed by atoms with E-state index in [0.717, 1.165) is 6.42 Å². The monoisotopic (exact) mass is 358 g/mol. The fourth-order valence-electron chi connectivity index (χ4n) is 2.39. The zero-order valence-corrected chi connectivity index (χ0v) is 14.3. The van der Waals surface area contributed by atoms with Crippen LogP contribution in [-0.4, -0.2) is 38.3 Å². The molecule has 1 saturated heterocycles. The lowest BCUT2D eigenvalue weighted by atomic mass is 10.1. The maximum Gasteiger partial charge on any atom is 0.253 e. The third-order valence-electron chi connectivity index (χ3n) is 3.62. The van der Waals surface area contributed by atoms with Gasteiger partial charge in [0.05, 0.1) is 28.7 Å². The Balaban J connectivity index is 2.16. The number of carbonyl (C=O) groups excluding carboxylic acids is 2. The first kappa shape index (κ1) is 17.7. The van der Waals surface area contributed by atoms with E-state index in [0.29, 0.717) is 29.2 Å². The van der Waals surface area contributed by atoms with Crippen molar-refractivity contribution in [3.05, 3.63) is 28.8 Å². The maximum absolute atomic E-state index is 12.3. The molecule has 1 fully saturated rings. The molecule has 2 N–H and O–H groups in total. The summed E-state index contributed by atoms with van der Waals surface area (Å²) in [7, 11) is -3.15. The summed E-state index contributed by atoms with van der Waals surface area (Å²) in [5.41, 5.74) is 0.595. The first-order chi connectivity index (χ1) is 10.8. The quantitative estimate of drug-likeness (QED) is 0.840. The third kappa shape index (κ3) is 4.68. The van der Waals surface area contributed by atoms with E-state index < -0.39 is 21.7 Å². The molecule has 1 aromatic rings. The number of nitrogens with one attached hydrogen (secondary N) is 2. The summed E-state index contributed by atoms with van der Waals surface area (Å²) in [6.45, 7) is 2.46. The molecule has 0 aromatic heterocycles. The Morgan fingerprint density at radius 2 is 2.09 bits per heavy atom. The van der Waals surface area contributed by atoms with Crippen LogP contribution in [0.1, 0.15) is 30.1 Å². The summed E-state index contributed by atoms with van der Waals surface area (Å²) in [5.74, 6) is -1.44. The first-order valence-corrected chi connectivity index (χ1v) is 9.61. The lowest BCUT2D eigenvalue weighted by Gasteiger charge is -2.14. The van der Waals surface area contributed by atoms with Crippen LogP contribution in [0.15, 0.2) is 18.2 Å². The van der Waals surface area contributed by atoms with Crippen molar-refractivity contribution >= 4 is 38.9 Å². The molecule has 1 aliphatic rings. The highest BCUT2D eigenvalue weighted by atomic mass is 35.5. The number of hydrogen-bond acceptors (Lipinski definition) is 4. The summed E-state index contributed by atoms with van der Waals surface area (Å²) in [6.07, 6.45) is 1.09. The van der Waals surface area contributed by atoms with Crippen molar-refractivity contribution < 1.29 is 18.0 Å². The predicted molar refractivity (Wildman–Crippen MR) is 89.5 cm³/mol. The van der Waals surface area contributed by atoms with Gasteiger partial charge in [0.25, 0.3) is 5.91 Å². The van der Waals surface area contributed by atoms with Crippen molar-refractivity contribution in [1.29, 1.82) is 0 Å². The molecule has 1 aliphatic heterocycles. The fraction of sp³-hybridized carbons (Fsp3) is 0.467. The SMILES string of the molecule is CCCNC(=O)c1ccc(Cl)cc1NC(=O)[C@@H]1CCS(=O)(=O)C1. The van der Waals surface area contributed by atoms with Gasteiger partial charge < -0.3 is 10.6 Å². The van der Waals surface area contributed by atoms with E-state index in [1.165, 1.54) is 12.1 Å². The maximum atomic E-state index is 12.3. The van der Waals surface area contributed by atoms with Crippen LogP contribution >= 0.6 is 11.6 Å². The van der Waals surface area contributed by atoms with Crippen molar-refractivity contribution in [3.8, 4) is 0 Å². The second kappa shape index (κ2) is 7.31. The average Bonchev–Trinajstić information content (AvgIpc) is 2.85. The van der Waals surface area contributed by atoms with Crippen molar-refractivity contribution in [2.45, 2.75) is 19.8 Å². The van der Waals surface area contributed by atoms with Crippen molar-refractivity contribution in [3.63, 3.8) is 0 Å². The highest BCUT2D eigenvalue weighted by molar-refractivity contribution is 7.91. The van der Waals surface area contributed by atoms with Gasteiger partial charge in [0.2, 0.25) is 5.91 Å². The molecule has 0 bridgehead atoms. The van der Waals surface area contributed by atoms with Crippen molar-refractivity contribution in [2.75, 3.05) is 23.4 Å². The second-order valence-corrected chi connectivity index (χ2v) is 8.20. The Labute approximate surface area is 140 Å². The summed E-state index contributed by atoms with van der Waals surface area (Å²) in [6, 6.07) is 4.59. The summed E-state index contributed by atoms with van der Waals surface area (Å²) in [4.78, 5) is 24.4. The van der Waals surface area contributed by atoms with Crippen LogP contribution in [0.4, 0.5) is 5.69 Å². The van der Waals surface area contributed by atoms with E-state index in [2.05, 4.69) is 10.6 Å². The smallest absolute Gasteiger partial charge is 0.253 e. The van der Waals surface area contributed by atoms with Crippen LogP contribution < -0.4 is 10.6 Å². The van der Waals surface area contributed by atoms with Gasteiger partial charge >= 0.3 is 0 Å². The molecule has 23 heavy (non-hydrogen) atoms. The number of sulfone groups is 1. The molecule has 0 radical (unpaired) electrons. The fourth-order valence-corrected chi connectivity index (χ4v) is 4.30. The minimum atomic E-state index is -3.15. The molecular weight excluding hydrogens is 340 g/mol. The number of halogens is 1. The van der Waals surface area contributed by atoms with E-state index in [1.807, 2.05) is 6.92 Å². The topological polar surface area (TPSA) is 92.3 Å². The van der Waals surface area contributed by atoms with Gasteiger partial charge in [0, 0.05) is 11.6 Å². The van der Waals surface area contributed by atoms with Gasteiger partial charge in [-0.25, -0.2) is 8.42 Å². The molecule has 1 atom stereocenters. The minimum Gasteiger partial charge on any atom is -0.352 e. The molecule has 8 heteroatoms. The number of anilines is 1. The molecule has 0 spiro atoms. The first-order valence-electron chi connectivity index (χ1n) is 7.41. The molecule has 0 aliphatic carbocycles. The molecule has 2 rings (SSSR count). The Bertz CT molecular complexity index is 718. The molecule has 6 nitrogen and oxygen atoms in total. The lowest BCUT2D eigenvalue weighted by molar-refractivity contribution is -0.119. The summed E-state index contributed by atoms with van der Waals surface area (Å²) in [5, 5.41) is 5.76. The standard InChI is InChI=1S/C15H19ClN2O4S/c1-2-6-17-15(20)12-4-3-11(16)8-13(12)18-14(19)10-5-7-23(21,22)9-10/h3-4,8,10H,2,5-7,9H2,1H3,(H,17,20)(H,18,19)/t10-/m1/s1. The number of amides is 2. The van der Waals surface area contributed by atoms with E-state index in [1.54, 1.807) is 6.07 Å². The highest BCUT2D eigenvalue weighted by Crippen LogP contribution is 2.24. The zero-order chi connectivity index (χ0) is 17.0. The molecule has 2 amide bonds. The highest BCUT2D eigenvalue weighted by Gasteiger charge is 2.33. The van der Waals surface area contributed by atoms with Gasteiger partial charge in [0.1, 0.15) is 0 Å². The van der Waals surface area contributed by atoms with E-state index in [4.69, 9.17) is 11.6 Å². The van der Waals surface area contributed by atoms with Gasteiger partial charge in [-0.05, 0) is 31.0 Å². The molecule has 0 saturated carbocycles. The van der Waals surface area contributed by atoms with Gasteiger partial charge in [-0.2, -0.15) is 0 Å². The van der Waals surface area contributed by atoms with Gasteiger partial charge in [0.15, 0.2) is 9.84 Å². The third-order valence-corrected chi connectivity index (χ3v) is 5.63. The van der Waals surface area contributed by atoms with Crippen LogP contribution in [0.5, 0.6) is 0 Å². The van der Waals surface area contributed by atoms with E-state index in [9.17, 15) is 18.0 Å². The average molecular weight is 359 g/mol. The summed E-state index contributed by atoms with van der Waals surface area (Å²) >= 11 is 5.94. The molecule has 126 valence electrons. The largest absolute Gasteiger partial charge is 0.352 e. The number of carbonyl (C=O) groups is 2. The Hall–Kier alpha value is -1.60. The second-order valence-electron chi connectivity index (χ2n) is 5.54. The lowest BCUT2D eigenvalue weighted by Crippen LogP contribution is -2.28. The van der Waals surface area contributed by atoms with Gasteiger partial charge in [-0.3, -0.25) is 9.59 Å². The van der Waals surface area contributed by atoms with Gasteiger partial charge in [-0.1, -0.05) is 18.5 Å². The van der Waals surface area contributed by atoms with Crippen LogP contribution in [-0.2, 0) is 14.6 Å². The van der Waals surface area contributed by atoms with E-state index >= 15 is 0 Å². The van der Waals surface area contributed by atoms with Crippen LogP contribution in [0.3, 0.4) is 0 Å².